The topological polar surface area (TPSA) is 58.2 Å². The van der Waals surface area contributed by atoms with Gasteiger partial charge in [0, 0.05) is 22.6 Å². The molecule has 0 saturated heterocycles. The maximum Gasteiger partial charge on any atom is 0.237 e. The largest absolute Gasteiger partial charge is 0.326 e. The Morgan fingerprint density at radius 1 is 0.968 bits per heavy atom. The Balaban J connectivity index is 1.64. The molecule has 1 saturated carbocycles. The zero-order valence-corrected chi connectivity index (χ0v) is 17.6. The van der Waals surface area contributed by atoms with E-state index in [0.717, 1.165) is 43.9 Å². The molecule has 1 fully saturated rings. The lowest BCUT2D eigenvalue weighted by Crippen LogP contribution is -2.25. The van der Waals surface area contributed by atoms with Crippen LogP contribution in [0.1, 0.15) is 39.0 Å². The Kier molecular flexibility index (Phi) is 7.59. The van der Waals surface area contributed by atoms with Crippen LogP contribution in [0.2, 0.25) is 0 Å². The monoisotopic (exact) mass is 454 g/mol. The molecule has 31 heavy (non-hydrogen) atoms. The lowest BCUT2D eigenvalue weighted by atomic mass is 9.88. The number of hydrogen-bond donors (Lipinski definition) is 2. The van der Waals surface area contributed by atoms with Crippen molar-refractivity contribution in [3.63, 3.8) is 0 Å². The van der Waals surface area contributed by atoms with Crippen molar-refractivity contribution in [1.82, 2.24) is 0 Å². The highest BCUT2D eigenvalue weighted by Crippen LogP contribution is 2.30. The molecule has 0 aromatic heterocycles. The third kappa shape index (κ3) is 5.78. The summed E-state index contributed by atoms with van der Waals surface area (Å²) in [6, 6.07) is 6.93. The molecule has 0 spiro atoms. The lowest BCUT2D eigenvalue weighted by molar-refractivity contribution is -0.120. The van der Waals surface area contributed by atoms with Gasteiger partial charge in [-0.3, -0.25) is 9.59 Å². The summed E-state index contributed by atoms with van der Waals surface area (Å²) in [5.41, 5.74) is -0.582. The van der Waals surface area contributed by atoms with Crippen molar-refractivity contribution in [2.45, 2.75) is 49.2 Å². The summed E-state index contributed by atoms with van der Waals surface area (Å²) in [5, 5.41) is 3.96. The van der Waals surface area contributed by atoms with Crippen LogP contribution in [0.25, 0.3) is 0 Å². The quantitative estimate of drug-likeness (QED) is 0.326. The summed E-state index contributed by atoms with van der Waals surface area (Å²) in [6.45, 7) is 1.48. The van der Waals surface area contributed by atoms with E-state index in [0.29, 0.717) is 10.6 Å². The van der Waals surface area contributed by atoms with E-state index in [-0.39, 0.29) is 17.9 Å². The Morgan fingerprint density at radius 3 is 2.26 bits per heavy atom. The number of amides is 2. The lowest BCUT2D eigenvalue weighted by Gasteiger charge is -2.21. The van der Waals surface area contributed by atoms with Crippen LogP contribution in [0.15, 0.2) is 35.2 Å². The van der Waals surface area contributed by atoms with Gasteiger partial charge in [0.15, 0.2) is 23.3 Å². The summed E-state index contributed by atoms with van der Waals surface area (Å²) in [4.78, 5) is 25.4. The highest BCUT2D eigenvalue weighted by atomic mass is 32.2. The average molecular weight is 454 g/mol. The van der Waals surface area contributed by atoms with Gasteiger partial charge in [-0.15, -0.1) is 11.8 Å². The second-order valence-corrected chi connectivity index (χ2v) is 8.86. The van der Waals surface area contributed by atoms with Crippen molar-refractivity contribution in [2.75, 3.05) is 10.6 Å². The van der Waals surface area contributed by atoms with Gasteiger partial charge in [0.2, 0.25) is 11.8 Å². The molecule has 1 aliphatic carbocycles. The van der Waals surface area contributed by atoms with Crippen LogP contribution < -0.4 is 10.6 Å². The number of halogens is 4. The zero-order valence-electron chi connectivity index (χ0n) is 16.8. The molecule has 0 radical (unpaired) electrons. The molecule has 2 aromatic carbocycles. The van der Waals surface area contributed by atoms with Gasteiger partial charge in [-0.1, -0.05) is 25.3 Å². The molecule has 0 aliphatic heterocycles. The first-order chi connectivity index (χ1) is 14.8. The van der Waals surface area contributed by atoms with Crippen LogP contribution >= 0.6 is 11.8 Å². The predicted molar refractivity (Wildman–Crippen MR) is 112 cm³/mol. The van der Waals surface area contributed by atoms with E-state index in [4.69, 9.17) is 0 Å². The van der Waals surface area contributed by atoms with Gasteiger partial charge in [0.05, 0.1) is 5.25 Å². The maximum absolute atomic E-state index is 13.8. The van der Waals surface area contributed by atoms with Crippen LogP contribution in [0.3, 0.4) is 0 Å². The number of anilines is 2. The Hall–Kier alpha value is -2.55. The van der Waals surface area contributed by atoms with E-state index in [2.05, 4.69) is 5.32 Å². The minimum Gasteiger partial charge on any atom is -0.326 e. The SMILES string of the molecule is CC(Sc1cccc(NC(=O)C2CCCCC2)c1)C(=O)Nc1c(F)c(F)cc(F)c1F. The number of nitrogens with one attached hydrogen (secondary N) is 2. The molecule has 2 aromatic rings. The number of hydrogen-bond acceptors (Lipinski definition) is 3. The third-order valence-electron chi connectivity index (χ3n) is 5.12. The fourth-order valence-electron chi connectivity index (χ4n) is 3.42. The molecule has 1 aliphatic rings. The van der Waals surface area contributed by atoms with Crippen molar-refractivity contribution in [3.8, 4) is 0 Å². The third-order valence-corrected chi connectivity index (χ3v) is 6.21. The van der Waals surface area contributed by atoms with E-state index in [1.54, 1.807) is 24.3 Å². The van der Waals surface area contributed by atoms with Gasteiger partial charge >= 0.3 is 0 Å². The van der Waals surface area contributed by atoms with E-state index < -0.39 is 40.1 Å². The first-order valence-corrected chi connectivity index (χ1v) is 10.9. The molecule has 4 nitrogen and oxygen atoms in total. The first-order valence-electron chi connectivity index (χ1n) is 9.97. The van der Waals surface area contributed by atoms with Gasteiger partial charge in [0.1, 0.15) is 5.69 Å². The molecule has 1 atom stereocenters. The number of thioether (sulfide) groups is 1. The number of carbonyl (C=O) groups excluding carboxylic acids is 2. The van der Waals surface area contributed by atoms with Crippen LogP contribution in [-0.4, -0.2) is 17.1 Å². The standard InChI is InChI=1S/C22H22F4N2O2S/c1-12(21(29)28-20-18(25)16(23)11-17(24)19(20)26)31-15-9-5-8-14(10-15)27-22(30)13-6-3-2-4-7-13/h5,8-13H,2-4,6-7H2,1H3,(H,27,30)(H,28,29). The van der Waals surface area contributed by atoms with E-state index in [1.807, 2.05) is 5.32 Å². The molecule has 0 heterocycles. The average Bonchev–Trinajstić information content (AvgIpc) is 2.76. The molecule has 0 bridgehead atoms. The fourth-order valence-corrected chi connectivity index (χ4v) is 4.35. The highest BCUT2D eigenvalue weighted by Gasteiger charge is 2.24. The smallest absolute Gasteiger partial charge is 0.237 e. The van der Waals surface area contributed by atoms with Crippen molar-refractivity contribution in [2.24, 2.45) is 5.92 Å². The first kappa shape index (κ1) is 23.1. The Labute approximate surface area is 181 Å². The van der Waals surface area contributed by atoms with E-state index >= 15 is 0 Å². The van der Waals surface area contributed by atoms with Crippen LogP contribution in [0, 0.1) is 29.2 Å². The van der Waals surface area contributed by atoms with Crippen molar-refractivity contribution < 1.29 is 27.2 Å². The van der Waals surface area contributed by atoms with Crippen molar-refractivity contribution in [1.29, 1.82) is 0 Å². The fraction of sp³-hybridized carbons (Fsp3) is 0.364. The van der Waals surface area contributed by atoms with Gasteiger partial charge in [-0.05, 0) is 38.0 Å². The molecule has 1 unspecified atom stereocenters. The Bertz CT molecular complexity index is 954. The second-order valence-electron chi connectivity index (χ2n) is 7.44. The van der Waals surface area contributed by atoms with E-state index in [9.17, 15) is 27.2 Å². The summed E-state index contributed by atoms with van der Waals surface area (Å²) >= 11 is 1.07. The zero-order chi connectivity index (χ0) is 22.5. The summed E-state index contributed by atoms with van der Waals surface area (Å²) in [7, 11) is 0. The highest BCUT2D eigenvalue weighted by molar-refractivity contribution is 8.00. The molecule has 2 N–H and O–H groups in total. The van der Waals surface area contributed by atoms with Crippen LogP contribution in [-0.2, 0) is 9.59 Å². The summed E-state index contributed by atoms with van der Waals surface area (Å²) < 4.78 is 54.2. The normalized spacial score (nSPS) is 15.4. The predicted octanol–water partition coefficient (Wildman–Crippen LogP) is 5.88. The molecular formula is C22H22F4N2O2S. The minimum atomic E-state index is -1.67. The van der Waals surface area contributed by atoms with Gasteiger partial charge in [-0.25, -0.2) is 17.6 Å². The summed E-state index contributed by atoms with van der Waals surface area (Å²) in [6.07, 6.45) is 4.95. The van der Waals surface area contributed by atoms with Crippen LogP contribution in [0.4, 0.5) is 28.9 Å². The molecule has 166 valence electrons. The second kappa shape index (κ2) is 10.2. The maximum atomic E-state index is 13.8. The van der Waals surface area contributed by atoms with Crippen LogP contribution in [0.5, 0.6) is 0 Å². The molecule has 2 amide bonds. The van der Waals surface area contributed by atoms with Crippen molar-refractivity contribution >= 4 is 35.0 Å². The molecule has 3 rings (SSSR count). The number of benzene rings is 2. The Morgan fingerprint density at radius 2 is 1.61 bits per heavy atom. The van der Waals surface area contributed by atoms with E-state index in [1.165, 1.54) is 6.92 Å². The number of carbonyl (C=O) groups is 2. The molecular weight excluding hydrogens is 432 g/mol. The number of rotatable bonds is 6. The van der Waals surface area contributed by atoms with Gasteiger partial charge < -0.3 is 10.6 Å². The summed E-state index contributed by atoms with van der Waals surface area (Å²) in [5.74, 6) is -7.41. The molecule has 9 heteroatoms. The minimum absolute atomic E-state index is 0.00813. The van der Waals surface area contributed by atoms with Crippen molar-refractivity contribution in [3.05, 3.63) is 53.6 Å². The van der Waals surface area contributed by atoms with Gasteiger partial charge in [0.25, 0.3) is 0 Å². The van der Waals surface area contributed by atoms with Gasteiger partial charge in [-0.2, -0.15) is 0 Å².